The largest absolute Gasteiger partial charge is 0.310 e. The van der Waals surface area contributed by atoms with E-state index in [2.05, 4.69) is 221 Å². The van der Waals surface area contributed by atoms with Crippen LogP contribution in [0.2, 0.25) is 19.6 Å². The van der Waals surface area contributed by atoms with Crippen molar-refractivity contribution in [2.45, 2.75) is 52.8 Å². The van der Waals surface area contributed by atoms with Crippen molar-refractivity contribution in [3.8, 4) is 27.9 Å². The molecule has 1 aliphatic carbocycles. The van der Waals surface area contributed by atoms with Crippen LogP contribution in [0.3, 0.4) is 0 Å². The summed E-state index contributed by atoms with van der Waals surface area (Å²) in [5, 5.41) is 6.58. The minimum Gasteiger partial charge on any atom is -0.310 e. The lowest BCUT2D eigenvalue weighted by atomic mass is 9.81. The minimum atomic E-state index is -1.47. The number of nitrogens with zero attached hydrogens (tertiary/aromatic N) is 2. The van der Waals surface area contributed by atoms with Crippen molar-refractivity contribution in [3.63, 3.8) is 0 Å². The molecule has 0 unspecified atom stereocenters. The van der Waals surface area contributed by atoms with E-state index in [1.165, 1.54) is 105 Å². The van der Waals surface area contributed by atoms with Gasteiger partial charge in [0.25, 0.3) is 0 Å². The molecular formula is C54H48N2Si. The molecule has 1 aromatic heterocycles. The minimum absolute atomic E-state index is 0.240. The number of aryl methyl sites for hydroxylation is 2. The molecule has 0 N–H and O–H groups in total. The van der Waals surface area contributed by atoms with Gasteiger partial charge in [-0.15, -0.1) is 0 Å². The summed E-state index contributed by atoms with van der Waals surface area (Å²) in [4.78, 5) is 2.48. The third kappa shape index (κ3) is 5.67. The van der Waals surface area contributed by atoms with Gasteiger partial charge in [0.15, 0.2) is 0 Å². The maximum absolute atomic E-state index is 2.50. The molecule has 2 nitrogen and oxygen atoms in total. The zero-order chi connectivity index (χ0) is 39.2. The molecule has 0 bridgehead atoms. The van der Waals surface area contributed by atoms with Crippen LogP contribution in [-0.2, 0) is 5.41 Å². The molecule has 9 aromatic rings. The Morgan fingerprint density at radius 2 is 1.11 bits per heavy atom. The maximum atomic E-state index is 2.50. The van der Waals surface area contributed by atoms with Gasteiger partial charge in [0.2, 0.25) is 0 Å². The maximum Gasteiger partial charge on any atom is 0.0775 e. The number of fused-ring (bicyclic) bond motifs is 8. The summed E-state index contributed by atoms with van der Waals surface area (Å²) in [6.07, 6.45) is 0. The molecule has 3 heteroatoms. The zero-order valence-electron chi connectivity index (χ0n) is 34.0. The van der Waals surface area contributed by atoms with Gasteiger partial charge >= 0.3 is 0 Å². The molecule has 0 fully saturated rings. The number of rotatable bonds is 6. The number of hydrogen-bond donors (Lipinski definition) is 0. The van der Waals surface area contributed by atoms with Crippen LogP contribution in [0, 0.1) is 13.8 Å². The molecule has 0 spiro atoms. The van der Waals surface area contributed by atoms with Crippen molar-refractivity contribution in [3.05, 3.63) is 186 Å². The summed E-state index contributed by atoms with van der Waals surface area (Å²) in [5.41, 5.74) is 17.4. The number of hydrogen-bond acceptors (Lipinski definition) is 1. The van der Waals surface area contributed by atoms with Crippen molar-refractivity contribution in [2.75, 3.05) is 4.90 Å². The topological polar surface area (TPSA) is 8.17 Å². The van der Waals surface area contributed by atoms with Crippen molar-refractivity contribution in [2.24, 2.45) is 0 Å². The molecule has 1 heterocycles. The Labute approximate surface area is 337 Å². The SMILES string of the molecule is Cc1ccc(N(c2ccc([Si](C)(C)C)cc2)c2cc3c(c4ccccc24)-c2ccc(-n4c5ccc(C)cc5c5cc(-c6ccccc6)ccc54)cc2C3(C)C)cc1. The first-order chi connectivity index (χ1) is 27.5. The van der Waals surface area contributed by atoms with Gasteiger partial charge in [-0.05, 0) is 119 Å². The molecule has 10 rings (SSSR count). The first kappa shape index (κ1) is 35.3. The van der Waals surface area contributed by atoms with Crippen molar-refractivity contribution in [1.29, 1.82) is 0 Å². The van der Waals surface area contributed by atoms with Crippen LogP contribution in [0.1, 0.15) is 36.1 Å². The Kier molecular flexibility index (Phi) is 8.01. The summed E-state index contributed by atoms with van der Waals surface area (Å²) in [6.45, 7) is 16.5. The van der Waals surface area contributed by atoms with Gasteiger partial charge in [0.1, 0.15) is 0 Å². The molecule has 0 amide bonds. The predicted molar refractivity (Wildman–Crippen MR) is 248 cm³/mol. The highest BCUT2D eigenvalue weighted by Crippen LogP contribution is 2.55. The average Bonchev–Trinajstić information content (AvgIpc) is 3.65. The third-order valence-electron chi connectivity index (χ3n) is 12.5. The molecule has 8 aromatic carbocycles. The lowest BCUT2D eigenvalue weighted by molar-refractivity contribution is 0.660. The average molecular weight is 753 g/mol. The molecule has 1 aliphatic rings. The van der Waals surface area contributed by atoms with E-state index < -0.39 is 8.07 Å². The molecule has 278 valence electrons. The Morgan fingerprint density at radius 1 is 0.491 bits per heavy atom. The van der Waals surface area contributed by atoms with E-state index in [-0.39, 0.29) is 5.41 Å². The lowest BCUT2D eigenvalue weighted by Gasteiger charge is -2.30. The number of anilines is 3. The van der Waals surface area contributed by atoms with E-state index in [9.17, 15) is 0 Å². The number of benzene rings is 8. The highest BCUT2D eigenvalue weighted by atomic mass is 28.3. The highest BCUT2D eigenvalue weighted by Gasteiger charge is 2.38. The normalized spacial score (nSPS) is 13.3. The Hall–Kier alpha value is -6.16. The summed E-state index contributed by atoms with van der Waals surface area (Å²) >= 11 is 0. The van der Waals surface area contributed by atoms with E-state index in [0.717, 1.165) is 0 Å². The van der Waals surface area contributed by atoms with Crippen LogP contribution in [-0.4, -0.2) is 12.6 Å². The van der Waals surface area contributed by atoms with Gasteiger partial charge in [-0.3, -0.25) is 0 Å². The molecular weight excluding hydrogens is 705 g/mol. The smallest absolute Gasteiger partial charge is 0.0775 e. The van der Waals surface area contributed by atoms with Gasteiger partial charge in [-0.1, -0.05) is 147 Å². The van der Waals surface area contributed by atoms with Gasteiger partial charge in [-0.2, -0.15) is 0 Å². The second kappa shape index (κ2) is 12.9. The van der Waals surface area contributed by atoms with Crippen LogP contribution >= 0.6 is 0 Å². The fraction of sp³-hybridized carbons (Fsp3) is 0.148. The predicted octanol–water partition coefficient (Wildman–Crippen LogP) is 14.5. The van der Waals surface area contributed by atoms with Gasteiger partial charge in [0.05, 0.1) is 24.8 Å². The van der Waals surface area contributed by atoms with E-state index >= 15 is 0 Å². The van der Waals surface area contributed by atoms with Crippen molar-refractivity contribution >= 4 is 62.9 Å². The Morgan fingerprint density at radius 3 is 1.81 bits per heavy atom. The van der Waals surface area contributed by atoms with Gasteiger partial charge in [0, 0.05) is 38.6 Å². The van der Waals surface area contributed by atoms with E-state index in [1.807, 2.05) is 0 Å². The second-order valence-electron chi connectivity index (χ2n) is 17.6. The summed E-state index contributed by atoms with van der Waals surface area (Å²) in [6, 6.07) is 61.7. The molecule has 0 saturated carbocycles. The van der Waals surface area contributed by atoms with E-state index in [4.69, 9.17) is 0 Å². The lowest BCUT2D eigenvalue weighted by Crippen LogP contribution is -2.37. The molecule has 0 radical (unpaired) electrons. The fourth-order valence-electron chi connectivity index (χ4n) is 9.33. The second-order valence-corrected chi connectivity index (χ2v) is 22.7. The van der Waals surface area contributed by atoms with E-state index in [0.29, 0.717) is 0 Å². The highest BCUT2D eigenvalue weighted by molar-refractivity contribution is 6.88. The Balaban J connectivity index is 1.17. The third-order valence-corrected chi connectivity index (χ3v) is 14.5. The first-order valence-electron chi connectivity index (χ1n) is 20.3. The standard InChI is InChI=1S/C54H48N2Si/c1-35-17-21-39(22-18-35)55(40-23-26-42(27-24-40)57(5,6)7)52-34-49-53(44-16-12-11-15-43(44)52)45-28-25-41(33-48(45)54(49,3)4)56-50-29-19-36(2)31-46(50)47-32-38(20-30-51(47)56)37-13-9-8-10-14-37/h8-34H,1-7H3. The molecule has 57 heavy (non-hydrogen) atoms. The summed E-state index contributed by atoms with van der Waals surface area (Å²) in [5.74, 6) is 0. The Bertz CT molecular complexity index is 3020. The monoisotopic (exact) mass is 752 g/mol. The van der Waals surface area contributed by atoms with E-state index in [1.54, 1.807) is 0 Å². The molecule has 0 saturated heterocycles. The van der Waals surface area contributed by atoms with Crippen LogP contribution in [0.5, 0.6) is 0 Å². The van der Waals surface area contributed by atoms with Crippen LogP contribution < -0.4 is 10.1 Å². The first-order valence-corrected chi connectivity index (χ1v) is 23.8. The van der Waals surface area contributed by atoms with Crippen molar-refractivity contribution < 1.29 is 0 Å². The number of aromatic nitrogens is 1. The fourth-order valence-corrected chi connectivity index (χ4v) is 10.5. The van der Waals surface area contributed by atoms with Crippen molar-refractivity contribution in [1.82, 2.24) is 4.57 Å². The van der Waals surface area contributed by atoms with Gasteiger partial charge in [-0.25, -0.2) is 0 Å². The van der Waals surface area contributed by atoms with Crippen LogP contribution in [0.4, 0.5) is 17.1 Å². The molecule has 0 aliphatic heterocycles. The summed E-state index contributed by atoms with van der Waals surface area (Å²) < 4.78 is 2.48. The van der Waals surface area contributed by atoms with Crippen LogP contribution in [0.15, 0.2) is 164 Å². The molecule has 0 atom stereocenters. The summed E-state index contributed by atoms with van der Waals surface area (Å²) in [7, 11) is -1.47. The van der Waals surface area contributed by atoms with Crippen LogP contribution in [0.25, 0.3) is 60.5 Å². The van der Waals surface area contributed by atoms with Gasteiger partial charge < -0.3 is 9.47 Å². The quantitative estimate of drug-likeness (QED) is 0.154. The zero-order valence-corrected chi connectivity index (χ0v) is 35.0.